The first kappa shape index (κ1) is 17.6. The summed E-state index contributed by atoms with van der Waals surface area (Å²) in [6, 6.07) is 6.22. The van der Waals surface area contributed by atoms with Gasteiger partial charge in [0.15, 0.2) is 0 Å². The summed E-state index contributed by atoms with van der Waals surface area (Å²) < 4.78 is 20.4. The predicted molar refractivity (Wildman–Crippen MR) is 93.1 cm³/mol. The Morgan fingerprint density at radius 2 is 2.12 bits per heavy atom. The smallest absolute Gasteiger partial charge is 0.220 e. The molecule has 0 unspecified atom stereocenters. The van der Waals surface area contributed by atoms with Crippen LogP contribution in [0.15, 0.2) is 24.3 Å². The fraction of sp³-hybridized carbons (Fsp3) is 0.474. The molecule has 1 N–H and O–H groups in total. The van der Waals surface area contributed by atoms with E-state index < -0.39 is 0 Å². The van der Waals surface area contributed by atoms with Gasteiger partial charge in [0, 0.05) is 30.8 Å². The third kappa shape index (κ3) is 4.25. The number of halogens is 1. The van der Waals surface area contributed by atoms with E-state index in [0.29, 0.717) is 13.0 Å². The molecule has 3 rings (SSSR count). The highest BCUT2D eigenvalue weighted by Gasteiger charge is 2.17. The van der Waals surface area contributed by atoms with Crippen LogP contribution in [0.4, 0.5) is 4.39 Å². The molecule has 1 amide bonds. The normalized spacial score (nSPS) is 17.0. The van der Waals surface area contributed by atoms with Crippen molar-refractivity contribution in [1.82, 2.24) is 15.1 Å². The van der Waals surface area contributed by atoms with Crippen LogP contribution in [-0.2, 0) is 16.1 Å². The largest absolute Gasteiger partial charge is 0.378 e. The summed E-state index contributed by atoms with van der Waals surface area (Å²) in [6.45, 7) is 5.13. The summed E-state index contributed by atoms with van der Waals surface area (Å²) in [4.78, 5) is 12.1. The van der Waals surface area contributed by atoms with Crippen molar-refractivity contribution in [3.05, 3.63) is 47.0 Å². The maximum Gasteiger partial charge on any atom is 0.220 e. The molecule has 1 aromatic heterocycles. The first-order chi connectivity index (χ1) is 12.0. The first-order valence-electron chi connectivity index (χ1n) is 8.74. The van der Waals surface area contributed by atoms with Crippen molar-refractivity contribution in [3.63, 3.8) is 0 Å². The monoisotopic (exact) mass is 345 g/mol. The Kier molecular flexibility index (Phi) is 5.48. The van der Waals surface area contributed by atoms with Crippen LogP contribution in [0.1, 0.15) is 42.6 Å². The zero-order valence-corrected chi connectivity index (χ0v) is 14.7. The Hall–Kier alpha value is -2.21. The van der Waals surface area contributed by atoms with E-state index in [9.17, 15) is 9.18 Å². The van der Waals surface area contributed by atoms with Crippen LogP contribution in [0, 0.1) is 19.7 Å². The van der Waals surface area contributed by atoms with Crippen molar-refractivity contribution in [2.45, 2.75) is 52.2 Å². The average molecular weight is 345 g/mol. The van der Waals surface area contributed by atoms with Crippen LogP contribution < -0.4 is 5.32 Å². The zero-order chi connectivity index (χ0) is 17.8. The lowest BCUT2D eigenvalue weighted by Crippen LogP contribution is -2.24. The Morgan fingerprint density at radius 1 is 1.36 bits per heavy atom. The Balaban J connectivity index is 1.60. The van der Waals surface area contributed by atoms with Gasteiger partial charge in [-0.15, -0.1) is 0 Å². The van der Waals surface area contributed by atoms with Crippen molar-refractivity contribution in [2.24, 2.45) is 0 Å². The van der Waals surface area contributed by atoms with Crippen molar-refractivity contribution >= 4 is 5.91 Å². The molecule has 2 heterocycles. The molecule has 134 valence electrons. The summed E-state index contributed by atoms with van der Waals surface area (Å²) in [5.74, 6) is -0.243. The Morgan fingerprint density at radius 3 is 2.80 bits per heavy atom. The standard InChI is InChI=1S/C19H24FN3O2/c1-13-18(12-21-19(24)10-9-17-4-3-11-25-17)14(2)23(22-13)16-7-5-15(20)6-8-16/h5-8,17H,3-4,9-12H2,1-2H3,(H,21,24)/t17-/m0/s1. The van der Waals surface area contributed by atoms with Crippen LogP contribution in [-0.4, -0.2) is 28.4 Å². The number of ether oxygens (including phenoxy) is 1. The van der Waals surface area contributed by atoms with E-state index >= 15 is 0 Å². The van der Waals surface area contributed by atoms with E-state index in [2.05, 4.69) is 10.4 Å². The van der Waals surface area contributed by atoms with Gasteiger partial charge in [0.05, 0.1) is 17.5 Å². The highest BCUT2D eigenvalue weighted by atomic mass is 19.1. The minimum Gasteiger partial charge on any atom is -0.378 e. The van der Waals surface area contributed by atoms with Crippen molar-refractivity contribution < 1.29 is 13.9 Å². The van der Waals surface area contributed by atoms with E-state index in [-0.39, 0.29) is 17.8 Å². The molecule has 1 saturated heterocycles. The van der Waals surface area contributed by atoms with Gasteiger partial charge in [0.25, 0.3) is 0 Å². The second-order valence-corrected chi connectivity index (χ2v) is 6.49. The summed E-state index contributed by atoms with van der Waals surface area (Å²) in [7, 11) is 0. The van der Waals surface area contributed by atoms with Crippen molar-refractivity contribution in [1.29, 1.82) is 0 Å². The van der Waals surface area contributed by atoms with Gasteiger partial charge in [0.1, 0.15) is 5.82 Å². The van der Waals surface area contributed by atoms with E-state index in [4.69, 9.17) is 4.74 Å². The lowest BCUT2D eigenvalue weighted by molar-refractivity contribution is -0.121. The zero-order valence-electron chi connectivity index (χ0n) is 14.7. The molecule has 2 aromatic rings. The molecule has 0 spiro atoms. The number of aromatic nitrogens is 2. The number of aryl methyl sites for hydroxylation is 1. The molecule has 0 saturated carbocycles. The third-order valence-electron chi connectivity index (χ3n) is 4.69. The van der Waals surface area contributed by atoms with Crippen LogP contribution in [0.25, 0.3) is 5.69 Å². The van der Waals surface area contributed by atoms with Gasteiger partial charge in [0.2, 0.25) is 5.91 Å². The Bertz CT molecular complexity index is 734. The van der Waals surface area contributed by atoms with Gasteiger partial charge in [-0.3, -0.25) is 4.79 Å². The molecule has 0 radical (unpaired) electrons. The second-order valence-electron chi connectivity index (χ2n) is 6.49. The predicted octanol–water partition coefficient (Wildman–Crippen LogP) is 3.20. The van der Waals surface area contributed by atoms with Crippen molar-refractivity contribution in [2.75, 3.05) is 6.61 Å². The molecule has 5 nitrogen and oxygen atoms in total. The van der Waals surface area contributed by atoms with E-state index in [1.807, 2.05) is 13.8 Å². The number of nitrogens with one attached hydrogen (secondary N) is 1. The molecule has 0 bridgehead atoms. The maximum atomic E-state index is 13.1. The van der Waals surface area contributed by atoms with Crippen LogP contribution >= 0.6 is 0 Å². The number of carbonyl (C=O) groups is 1. The van der Waals surface area contributed by atoms with E-state index in [1.54, 1.807) is 16.8 Å². The van der Waals surface area contributed by atoms with Crippen LogP contribution in [0.3, 0.4) is 0 Å². The number of nitrogens with zero attached hydrogens (tertiary/aromatic N) is 2. The summed E-state index contributed by atoms with van der Waals surface area (Å²) >= 11 is 0. The molecule has 1 aromatic carbocycles. The highest BCUT2D eigenvalue weighted by Crippen LogP contribution is 2.19. The van der Waals surface area contributed by atoms with Gasteiger partial charge in [-0.05, 0) is 57.4 Å². The molecule has 1 atom stereocenters. The topological polar surface area (TPSA) is 56.2 Å². The molecule has 25 heavy (non-hydrogen) atoms. The Labute approximate surface area is 147 Å². The molecule has 1 fully saturated rings. The average Bonchev–Trinajstić information content (AvgIpc) is 3.21. The van der Waals surface area contributed by atoms with Crippen molar-refractivity contribution in [3.8, 4) is 5.69 Å². The van der Waals surface area contributed by atoms with Crippen LogP contribution in [0.5, 0.6) is 0 Å². The van der Waals surface area contributed by atoms with Gasteiger partial charge >= 0.3 is 0 Å². The number of amides is 1. The number of hydrogen-bond donors (Lipinski definition) is 1. The molecule has 1 aliphatic heterocycles. The molecular weight excluding hydrogens is 321 g/mol. The van der Waals surface area contributed by atoms with Gasteiger partial charge < -0.3 is 10.1 Å². The second kappa shape index (κ2) is 7.78. The van der Waals surface area contributed by atoms with E-state index in [0.717, 1.165) is 48.5 Å². The number of carbonyl (C=O) groups excluding carboxylic acids is 1. The number of rotatable bonds is 6. The lowest BCUT2D eigenvalue weighted by Gasteiger charge is -2.10. The minimum atomic E-state index is -0.274. The maximum absolute atomic E-state index is 13.1. The van der Waals surface area contributed by atoms with Gasteiger partial charge in [-0.25, -0.2) is 9.07 Å². The highest BCUT2D eigenvalue weighted by molar-refractivity contribution is 5.75. The molecule has 6 heteroatoms. The number of benzene rings is 1. The van der Waals surface area contributed by atoms with Crippen LogP contribution in [0.2, 0.25) is 0 Å². The third-order valence-corrected chi connectivity index (χ3v) is 4.69. The number of hydrogen-bond acceptors (Lipinski definition) is 3. The lowest BCUT2D eigenvalue weighted by atomic mass is 10.1. The molecule has 1 aliphatic rings. The SMILES string of the molecule is Cc1nn(-c2ccc(F)cc2)c(C)c1CNC(=O)CC[C@@H]1CCCO1. The molecular formula is C19H24FN3O2. The molecule has 0 aliphatic carbocycles. The van der Waals surface area contributed by atoms with Gasteiger partial charge in [-0.2, -0.15) is 5.10 Å². The fourth-order valence-corrected chi connectivity index (χ4v) is 3.20. The van der Waals surface area contributed by atoms with E-state index in [1.165, 1.54) is 12.1 Å². The summed E-state index contributed by atoms with van der Waals surface area (Å²) in [5, 5.41) is 7.49. The van der Waals surface area contributed by atoms with Gasteiger partial charge in [-0.1, -0.05) is 0 Å². The quantitative estimate of drug-likeness (QED) is 0.875. The first-order valence-corrected chi connectivity index (χ1v) is 8.74. The fourth-order valence-electron chi connectivity index (χ4n) is 3.20. The summed E-state index contributed by atoms with van der Waals surface area (Å²) in [5.41, 5.74) is 3.61. The summed E-state index contributed by atoms with van der Waals surface area (Å²) in [6.07, 6.45) is 3.63. The minimum absolute atomic E-state index is 0.0313.